The molecule has 0 aliphatic carbocycles. The normalized spacial score (nSPS) is 18.5. The molecule has 0 radical (unpaired) electrons. The summed E-state index contributed by atoms with van der Waals surface area (Å²) in [5, 5.41) is 9.12. The summed E-state index contributed by atoms with van der Waals surface area (Å²) in [6, 6.07) is 5.34. The molecule has 1 unspecified atom stereocenters. The first-order valence-electron chi connectivity index (χ1n) is 5.89. The second kappa shape index (κ2) is 5.05. The highest BCUT2D eigenvalue weighted by Crippen LogP contribution is 2.27. The number of methoxy groups -OCH3 is 1. The highest BCUT2D eigenvalue weighted by atomic mass is 16.5. The first kappa shape index (κ1) is 12.4. The average molecular weight is 245 g/mol. The smallest absolute Gasteiger partial charge is 0.328 e. The van der Waals surface area contributed by atoms with Crippen LogP contribution < -0.4 is 4.90 Å². The standard InChI is InChI=1S/C13H15N3O2/c1-9-5-6-10(8-14)12(15-9)16-7-3-4-11(16)13(17)18-2/h5-6,11H,3-4,7H2,1-2H3. The number of ether oxygens (including phenoxy) is 1. The van der Waals surface area contributed by atoms with Crippen molar-refractivity contribution in [2.24, 2.45) is 0 Å². The predicted octanol–water partition coefficient (Wildman–Crippen LogP) is 1.40. The lowest BCUT2D eigenvalue weighted by molar-refractivity contribution is -0.141. The number of pyridine rings is 1. The maximum atomic E-state index is 11.7. The van der Waals surface area contributed by atoms with Crippen molar-refractivity contribution in [3.05, 3.63) is 23.4 Å². The summed E-state index contributed by atoms with van der Waals surface area (Å²) in [5.41, 5.74) is 1.33. The van der Waals surface area contributed by atoms with Crippen molar-refractivity contribution < 1.29 is 9.53 Å². The molecule has 1 saturated heterocycles. The molecule has 1 atom stereocenters. The van der Waals surface area contributed by atoms with Gasteiger partial charge in [-0.05, 0) is 31.9 Å². The summed E-state index contributed by atoms with van der Waals surface area (Å²) in [5.74, 6) is 0.324. The minimum Gasteiger partial charge on any atom is -0.467 e. The Kier molecular flexibility index (Phi) is 3.47. The number of aryl methyl sites for hydroxylation is 1. The molecule has 0 N–H and O–H groups in total. The molecule has 0 bridgehead atoms. The van der Waals surface area contributed by atoms with Gasteiger partial charge in [0.2, 0.25) is 0 Å². The van der Waals surface area contributed by atoms with E-state index in [2.05, 4.69) is 11.1 Å². The number of carbonyl (C=O) groups is 1. The van der Waals surface area contributed by atoms with E-state index in [0.29, 0.717) is 11.4 Å². The molecule has 1 fully saturated rings. The van der Waals surface area contributed by atoms with E-state index in [1.165, 1.54) is 7.11 Å². The lowest BCUT2D eigenvalue weighted by Crippen LogP contribution is -2.37. The Morgan fingerprint density at radius 3 is 3.06 bits per heavy atom. The summed E-state index contributed by atoms with van der Waals surface area (Å²) in [4.78, 5) is 18.0. The third-order valence-corrected chi connectivity index (χ3v) is 3.13. The van der Waals surface area contributed by atoms with Crippen molar-refractivity contribution in [3.8, 4) is 6.07 Å². The number of nitriles is 1. The Morgan fingerprint density at radius 1 is 1.61 bits per heavy atom. The summed E-state index contributed by atoms with van der Waals surface area (Å²) in [6.45, 7) is 2.60. The Labute approximate surface area is 106 Å². The zero-order valence-electron chi connectivity index (χ0n) is 10.5. The van der Waals surface area contributed by atoms with Gasteiger partial charge in [-0.3, -0.25) is 0 Å². The maximum absolute atomic E-state index is 11.7. The lowest BCUT2D eigenvalue weighted by Gasteiger charge is -2.24. The Bertz CT molecular complexity index is 507. The molecule has 5 heteroatoms. The minimum atomic E-state index is -0.323. The van der Waals surface area contributed by atoms with E-state index in [9.17, 15) is 4.79 Å². The average Bonchev–Trinajstić information content (AvgIpc) is 2.86. The van der Waals surface area contributed by atoms with Gasteiger partial charge >= 0.3 is 5.97 Å². The number of esters is 1. The molecular formula is C13H15N3O2. The number of nitrogens with zero attached hydrogens (tertiary/aromatic N) is 3. The van der Waals surface area contributed by atoms with Crippen LogP contribution in [0.1, 0.15) is 24.1 Å². The molecule has 0 aromatic carbocycles. The number of rotatable bonds is 2. The van der Waals surface area contributed by atoms with Crippen molar-refractivity contribution in [2.75, 3.05) is 18.6 Å². The molecule has 0 saturated carbocycles. The van der Waals surface area contributed by atoms with Gasteiger partial charge in [-0.2, -0.15) is 5.26 Å². The second-order valence-corrected chi connectivity index (χ2v) is 4.31. The van der Waals surface area contributed by atoms with Crippen molar-refractivity contribution in [1.82, 2.24) is 4.98 Å². The van der Waals surface area contributed by atoms with Crippen LogP contribution >= 0.6 is 0 Å². The molecule has 2 rings (SSSR count). The molecule has 18 heavy (non-hydrogen) atoms. The van der Waals surface area contributed by atoms with Crippen LogP contribution in [0.15, 0.2) is 12.1 Å². The fourth-order valence-electron chi connectivity index (χ4n) is 2.25. The van der Waals surface area contributed by atoms with Crippen molar-refractivity contribution in [3.63, 3.8) is 0 Å². The van der Waals surface area contributed by atoms with E-state index in [1.54, 1.807) is 12.1 Å². The highest BCUT2D eigenvalue weighted by Gasteiger charge is 2.33. The quantitative estimate of drug-likeness (QED) is 0.737. The SMILES string of the molecule is COC(=O)C1CCCN1c1nc(C)ccc1C#N. The van der Waals surface area contributed by atoms with E-state index < -0.39 is 0 Å². The van der Waals surface area contributed by atoms with Crippen molar-refractivity contribution in [2.45, 2.75) is 25.8 Å². The number of aromatic nitrogens is 1. The number of hydrogen-bond acceptors (Lipinski definition) is 5. The second-order valence-electron chi connectivity index (χ2n) is 4.31. The van der Waals surface area contributed by atoms with Crippen LogP contribution in [0.25, 0.3) is 0 Å². The van der Waals surface area contributed by atoms with Crippen molar-refractivity contribution >= 4 is 11.8 Å². The fraction of sp³-hybridized carbons (Fsp3) is 0.462. The molecule has 1 aromatic rings. The molecule has 1 aromatic heterocycles. The lowest BCUT2D eigenvalue weighted by atomic mass is 10.2. The number of anilines is 1. The topological polar surface area (TPSA) is 66.2 Å². The van der Waals surface area contributed by atoms with Gasteiger partial charge in [0.15, 0.2) is 0 Å². The molecule has 0 amide bonds. The minimum absolute atomic E-state index is 0.264. The molecule has 5 nitrogen and oxygen atoms in total. The van der Waals surface area contributed by atoms with Gasteiger partial charge in [0, 0.05) is 12.2 Å². The van der Waals surface area contributed by atoms with Gasteiger partial charge < -0.3 is 9.64 Å². The Balaban J connectivity index is 2.39. The summed E-state index contributed by atoms with van der Waals surface area (Å²) >= 11 is 0. The number of hydrogen-bond donors (Lipinski definition) is 0. The van der Waals surface area contributed by atoms with Gasteiger partial charge in [-0.25, -0.2) is 9.78 Å². The summed E-state index contributed by atoms with van der Waals surface area (Å²) < 4.78 is 4.80. The van der Waals surface area contributed by atoms with Crippen LogP contribution in [0.2, 0.25) is 0 Å². The summed E-state index contributed by atoms with van der Waals surface area (Å²) in [7, 11) is 1.38. The predicted molar refractivity (Wildman–Crippen MR) is 66.1 cm³/mol. The summed E-state index contributed by atoms with van der Waals surface area (Å²) in [6.07, 6.45) is 1.65. The van der Waals surface area contributed by atoms with E-state index >= 15 is 0 Å². The Morgan fingerprint density at radius 2 is 2.39 bits per heavy atom. The molecule has 0 spiro atoms. The van der Waals surface area contributed by atoms with Crippen LogP contribution in [0.4, 0.5) is 5.82 Å². The van der Waals surface area contributed by atoms with E-state index in [1.807, 2.05) is 11.8 Å². The Hall–Kier alpha value is -2.09. The third-order valence-electron chi connectivity index (χ3n) is 3.13. The monoisotopic (exact) mass is 245 g/mol. The van der Waals surface area contributed by atoms with Gasteiger partial charge in [0.25, 0.3) is 0 Å². The van der Waals surface area contributed by atoms with Gasteiger partial charge in [0.05, 0.1) is 12.7 Å². The number of carbonyl (C=O) groups excluding carboxylic acids is 1. The zero-order valence-corrected chi connectivity index (χ0v) is 10.5. The van der Waals surface area contributed by atoms with Gasteiger partial charge in [-0.1, -0.05) is 0 Å². The molecule has 94 valence electrons. The third kappa shape index (κ3) is 2.14. The zero-order chi connectivity index (χ0) is 13.1. The van der Waals surface area contributed by atoms with Crippen LogP contribution in [-0.4, -0.2) is 30.6 Å². The van der Waals surface area contributed by atoms with E-state index in [0.717, 1.165) is 25.1 Å². The fourth-order valence-corrected chi connectivity index (χ4v) is 2.25. The van der Waals surface area contributed by atoms with E-state index in [4.69, 9.17) is 10.00 Å². The van der Waals surface area contributed by atoms with E-state index in [-0.39, 0.29) is 12.0 Å². The largest absolute Gasteiger partial charge is 0.467 e. The van der Waals surface area contributed by atoms with Crippen LogP contribution in [-0.2, 0) is 9.53 Å². The molecule has 1 aliphatic rings. The molecular weight excluding hydrogens is 230 g/mol. The van der Waals surface area contributed by atoms with Crippen LogP contribution in [0, 0.1) is 18.3 Å². The van der Waals surface area contributed by atoms with Crippen LogP contribution in [0.3, 0.4) is 0 Å². The molecule has 1 aliphatic heterocycles. The maximum Gasteiger partial charge on any atom is 0.328 e. The first-order chi connectivity index (χ1) is 8.67. The van der Waals surface area contributed by atoms with Crippen LogP contribution in [0.5, 0.6) is 0 Å². The van der Waals surface area contributed by atoms with Crippen molar-refractivity contribution in [1.29, 1.82) is 5.26 Å². The van der Waals surface area contributed by atoms with Gasteiger partial charge in [0.1, 0.15) is 17.9 Å². The highest BCUT2D eigenvalue weighted by molar-refractivity contribution is 5.81. The first-order valence-corrected chi connectivity index (χ1v) is 5.89. The van der Waals surface area contributed by atoms with Gasteiger partial charge in [-0.15, -0.1) is 0 Å². The molecule has 2 heterocycles.